The number of unbranched alkanes of at least 4 members (excludes halogenated alkanes) is 1. The van der Waals surface area contributed by atoms with Crippen LogP contribution in [0, 0.1) is 0 Å². The van der Waals surface area contributed by atoms with E-state index >= 15 is 0 Å². The number of alkyl halides is 1. The van der Waals surface area contributed by atoms with Crippen LogP contribution >= 0.6 is 15.9 Å². The number of rotatable bonds is 9. The average molecular weight is 342 g/mol. The molecule has 0 atom stereocenters. The molecule has 4 heteroatoms. The third kappa shape index (κ3) is 5.03. The van der Waals surface area contributed by atoms with Crippen LogP contribution in [0.5, 0.6) is 0 Å². The third-order valence-electron chi connectivity index (χ3n) is 2.90. The lowest BCUT2D eigenvalue weighted by Gasteiger charge is -2.31. The van der Waals surface area contributed by atoms with Gasteiger partial charge in [-0.25, -0.2) is 0 Å². The van der Waals surface area contributed by atoms with Crippen molar-refractivity contribution in [1.29, 1.82) is 0 Å². The molecule has 1 rings (SSSR count). The number of halogens is 1. The SMILES string of the molecule is CCOC([Si])(OCC)c1ccccc1CCCCBr. The van der Waals surface area contributed by atoms with Gasteiger partial charge in [0, 0.05) is 24.1 Å². The Morgan fingerprint density at radius 3 is 2.32 bits per heavy atom. The topological polar surface area (TPSA) is 18.5 Å². The lowest BCUT2D eigenvalue weighted by Crippen LogP contribution is -2.35. The van der Waals surface area contributed by atoms with E-state index in [0.717, 1.165) is 23.7 Å². The van der Waals surface area contributed by atoms with Crippen LogP contribution in [0.1, 0.15) is 37.8 Å². The molecule has 0 heterocycles. The van der Waals surface area contributed by atoms with Crippen molar-refractivity contribution in [2.45, 2.75) is 38.5 Å². The van der Waals surface area contributed by atoms with Gasteiger partial charge in [0.25, 0.3) is 0 Å². The Hall–Kier alpha value is -0.163. The standard InChI is InChI=1S/C15H22BrO2Si/c1-3-17-15(19,18-4-2)14-11-6-5-9-13(14)10-7-8-12-16/h5-6,9,11H,3-4,7-8,10,12H2,1-2H3. The zero-order valence-corrected chi connectivity index (χ0v) is 14.3. The summed E-state index contributed by atoms with van der Waals surface area (Å²) >= 11 is 3.47. The summed E-state index contributed by atoms with van der Waals surface area (Å²) < 4.78 is 11.6. The van der Waals surface area contributed by atoms with Crippen molar-refractivity contribution < 1.29 is 9.47 Å². The molecule has 3 radical (unpaired) electrons. The lowest BCUT2D eigenvalue weighted by molar-refractivity contribution is -0.180. The Balaban J connectivity index is 2.94. The molecule has 0 N–H and O–H groups in total. The summed E-state index contributed by atoms with van der Waals surface area (Å²) in [7, 11) is 3.68. The zero-order chi connectivity index (χ0) is 14.1. The predicted octanol–water partition coefficient (Wildman–Crippen LogP) is 3.76. The van der Waals surface area contributed by atoms with E-state index in [1.807, 2.05) is 19.9 Å². The number of aryl methyl sites for hydroxylation is 1. The van der Waals surface area contributed by atoms with Gasteiger partial charge in [0.2, 0.25) is 0 Å². The molecule has 0 amide bonds. The quantitative estimate of drug-likeness (QED) is 0.294. The molecule has 0 aliphatic rings. The fraction of sp³-hybridized carbons (Fsp3) is 0.600. The largest absolute Gasteiger partial charge is 0.351 e. The minimum absolute atomic E-state index is 0.596. The molecule has 2 nitrogen and oxygen atoms in total. The van der Waals surface area contributed by atoms with Crippen LogP contribution in [-0.2, 0) is 21.3 Å². The molecule has 0 spiro atoms. The molecule has 1 aromatic carbocycles. The van der Waals surface area contributed by atoms with Crippen molar-refractivity contribution in [3.63, 3.8) is 0 Å². The molecule has 0 saturated carbocycles. The molecule has 0 aromatic heterocycles. The van der Waals surface area contributed by atoms with Gasteiger partial charge in [0.05, 0.1) is 0 Å². The maximum Gasteiger partial charge on any atom is 0.169 e. The van der Waals surface area contributed by atoms with Gasteiger partial charge in [-0.2, -0.15) is 0 Å². The molecule has 0 unspecified atom stereocenters. The summed E-state index contributed by atoms with van der Waals surface area (Å²) in [6.45, 7) is 5.14. The van der Waals surface area contributed by atoms with Crippen molar-refractivity contribution >= 4 is 26.2 Å². The fourth-order valence-electron chi connectivity index (χ4n) is 2.07. The van der Waals surface area contributed by atoms with E-state index in [1.165, 1.54) is 12.0 Å². The van der Waals surface area contributed by atoms with E-state index in [9.17, 15) is 0 Å². The molecular weight excluding hydrogens is 320 g/mol. The van der Waals surface area contributed by atoms with Crippen molar-refractivity contribution in [3.8, 4) is 0 Å². The van der Waals surface area contributed by atoms with Gasteiger partial charge in [-0.15, -0.1) is 0 Å². The first-order valence-electron chi connectivity index (χ1n) is 6.85. The van der Waals surface area contributed by atoms with Crippen LogP contribution in [0.2, 0.25) is 0 Å². The molecule has 0 aliphatic heterocycles. The van der Waals surface area contributed by atoms with Gasteiger partial charge in [-0.05, 0) is 38.7 Å². The normalized spacial score (nSPS) is 11.8. The Bertz CT molecular complexity index is 365. The van der Waals surface area contributed by atoms with Gasteiger partial charge < -0.3 is 9.47 Å². The van der Waals surface area contributed by atoms with Gasteiger partial charge in [0.15, 0.2) is 5.41 Å². The van der Waals surface area contributed by atoms with E-state index < -0.39 is 5.41 Å². The fourth-order valence-corrected chi connectivity index (χ4v) is 3.00. The number of hydrogen-bond acceptors (Lipinski definition) is 2. The second-order valence-corrected chi connectivity index (χ2v) is 5.74. The molecule has 1 aromatic rings. The first-order valence-corrected chi connectivity index (χ1v) is 8.47. The second kappa shape index (κ2) is 8.90. The Morgan fingerprint density at radius 1 is 1.11 bits per heavy atom. The van der Waals surface area contributed by atoms with E-state index in [-0.39, 0.29) is 0 Å². The van der Waals surface area contributed by atoms with Crippen LogP contribution in [0.4, 0.5) is 0 Å². The van der Waals surface area contributed by atoms with Crippen LogP contribution in [-0.4, -0.2) is 28.8 Å². The highest BCUT2D eigenvalue weighted by atomic mass is 79.9. The zero-order valence-electron chi connectivity index (χ0n) is 11.7. The van der Waals surface area contributed by atoms with E-state index in [0.29, 0.717) is 13.2 Å². The Labute approximate surface area is 128 Å². The van der Waals surface area contributed by atoms with Crippen molar-refractivity contribution in [3.05, 3.63) is 35.4 Å². The van der Waals surface area contributed by atoms with Gasteiger partial charge in [-0.1, -0.05) is 40.2 Å². The first-order chi connectivity index (χ1) is 9.18. The summed E-state index contributed by atoms with van der Waals surface area (Å²) in [6, 6.07) is 8.31. The third-order valence-corrected chi connectivity index (χ3v) is 4.02. The van der Waals surface area contributed by atoms with Crippen LogP contribution in [0.25, 0.3) is 0 Å². The predicted molar refractivity (Wildman–Crippen MR) is 83.9 cm³/mol. The van der Waals surface area contributed by atoms with Gasteiger partial charge in [-0.3, -0.25) is 0 Å². The summed E-state index contributed by atoms with van der Waals surface area (Å²) in [5, 5.41) is 1.05. The lowest BCUT2D eigenvalue weighted by atomic mass is 10.0. The molecule has 0 fully saturated rings. The van der Waals surface area contributed by atoms with E-state index in [4.69, 9.17) is 9.47 Å². The molecule has 0 aliphatic carbocycles. The maximum atomic E-state index is 5.78. The molecule has 0 saturated heterocycles. The van der Waals surface area contributed by atoms with E-state index in [1.54, 1.807) is 0 Å². The van der Waals surface area contributed by atoms with Gasteiger partial charge in [0.1, 0.15) is 10.2 Å². The molecule has 105 valence electrons. The smallest absolute Gasteiger partial charge is 0.169 e. The van der Waals surface area contributed by atoms with Crippen LogP contribution in [0.3, 0.4) is 0 Å². The molecular formula is C15H22BrO2Si. The Morgan fingerprint density at radius 2 is 1.74 bits per heavy atom. The summed E-state index contributed by atoms with van der Waals surface area (Å²) in [5.74, 6) is 0. The minimum Gasteiger partial charge on any atom is -0.351 e. The van der Waals surface area contributed by atoms with Crippen molar-refractivity contribution in [2.24, 2.45) is 0 Å². The number of benzene rings is 1. The molecule has 0 bridgehead atoms. The molecule has 19 heavy (non-hydrogen) atoms. The first kappa shape index (κ1) is 16.9. The maximum absolute atomic E-state index is 5.78. The highest BCUT2D eigenvalue weighted by molar-refractivity contribution is 9.09. The summed E-state index contributed by atoms with van der Waals surface area (Å²) in [4.78, 5) is 0. The number of ether oxygens (including phenoxy) is 2. The highest BCUT2D eigenvalue weighted by Crippen LogP contribution is 2.28. The van der Waals surface area contributed by atoms with Crippen LogP contribution in [0.15, 0.2) is 24.3 Å². The van der Waals surface area contributed by atoms with Gasteiger partial charge >= 0.3 is 0 Å². The summed E-state index contributed by atoms with van der Waals surface area (Å²) in [6.07, 6.45) is 3.36. The second-order valence-electron chi connectivity index (χ2n) is 4.29. The minimum atomic E-state index is -0.825. The van der Waals surface area contributed by atoms with E-state index in [2.05, 4.69) is 44.4 Å². The number of hydrogen-bond donors (Lipinski definition) is 0. The van der Waals surface area contributed by atoms with Crippen LogP contribution < -0.4 is 0 Å². The highest BCUT2D eigenvalue weighted by Gasteiger charge is 2.29. The summed E-state index contributed by atoms with van der Waals surface area (Å²) in [5.41, 5.74) is 1.53. The van der Waals surface area contributed by atoms with Crippen molar-refractivity contribution in [1.82, 2.24) is 0 Å². The average Bonchev–Trinajstić information content (AvgIpc) is 2.40. The Kier molecular flexibility index (Phi) is 7.91. The van der Waals surface area contributed by atoms with Crippen molar-refractivity contribution in [2.75, 3.05) is 18.5 Å². The monoisotopic (exact) mass is 341 g/mol.